The number of ether oxygens (including phenoxy) is 1. The molecule has 1 rings (SSSR count). The second kappa shape index (κ2) is 5.70. The SMILES string of the molecule is COc1cc(CNCC(C)(C)C)ccc1C#N. The van der Waals surface area contributed by atoms with Gasteiger partial charge in [0.15, 0.2) is 0 Å². The Morgan fingerprint density at radius 1 is 1.35 bits per heavy atom. The normalized spacial score (nSPS) is 11.0. The molecule has 0 saturated heterocycles. The second-order valence-corrected chi connectivity index (χ2v) is 5.31. The maximum absolute atomic E-state index is 8.88. The van der Waals surface area contributed by atoms with Crippen molar-refractivity contribution in [3.8, 4) is 11.8 Å². The van der Waals surface area contributed by atoms with Gasteiger partial charge in [-0.2, -0.15) is 5.26 Å². The Morgan fingerprint density at radius 2 is 2.06 bits per heavy atom. The van der Waals surface area contributed by atoms with Crippen molar-refractivity contribution in [3.63, 3.8) is 0 Å². The van der Waals surface area contributed by atoms with Crippen LogP contribution in [0.3, 0.4) is 0 Å². The van der Waals surface area contributed by atoms with E-state index in [-0.39, 0.29) is 5.41 Å². The standard InChI is InChI=1S/C14H20N2O/c1-14(2,3)10-16-9-11-5-6-12(8-15)13(7-11)17-4/h5-7,16H,9-10H2,1-4H3. The van der Waals surface area contributed by atoms with E-state index in [0.717, 1.165) is 18.7 Å². The molecule has 92 valence electrons. The Hall–Kier alpha value is -1.53. The van der Waals surface area contributed by atoms with Crippen LogP contribution in [-0.2, 0) is 6.54 Å². The van der Waals surface area contributed by atoms with Gasteiger partial charge in [0.05, 0.1) is 12.7 Å². The van der Waals surface area contributed by atoms with Crippen LogP contribution in [0.1, 0.15) is 31.9 Å². The van der Waals surface area contributed by atoms with Crippen molar-refractivity contribution >= 4 is 0 Å². The van der Waals surface area contributed by atoms with E-state index < -0.39 is 0 Å². The predicted octanol–water partition coefficient (Wildman–Crippen LogP) is 2.70. The van der Waals surface area contributed by atoms with Crippen molar-refractivity contribution in [2.45, 2.75) is 27.3 Å². The highest BCUT2D eigenvalue weighted by Crippen LogP contribution is 2.19. The van der Waals surface area contributed by atoms with Gasteiger partial charge in [0.1, 0.15) is 11.8 Å². The summed E-state index contributed by atoms with van der Waals surface area (Å²) in [5.41, 5.74) is 1.98. The molecule has 3 nitrogen and oxygen atoms in total. The third-order valence-corrected chi connectivity index (χ3v) is 2.37. The highest BCUT2D eigenvalue weighted by molar-refractivity contribution is 5.45. The van der Waals surface area contributed by atoms with Gasteiger partial charge < -0.3 is 10.1 Å². The van der Waals surface area contributed by atoms with Gasteiger partial charge in [0.2, 0.25) is 0 Å². The molecule has 0 unspecified atom stereocenters. The van der Waals surface area contributed by atoms with Crippen LogP contribution in [0.5, 0.6) is 5.75 Å². The van der Waals surface area contributed by atoms with E-state index in [0.29, 0.717) is 11.3 Å². The average Bonchev–Trinajstić information content (AvgIpc) is 2.27. The largest absolute Gasteiger partial charge is 0.495 e. The van der Waals surface area contributed by atoms with Crippen molar-refractivity contribution in [2.24, 2.45) is 5.41 Å². The average molecular weight is 232 g/mol. The molecule has 1 aromatic rings. The van der Waals surface area contributed by atoms with Crippen LogP contribution < -0.4 is 10.1 Å². The molecule has 0 radical (unpaired) electrons. The van der Waals surface area contributed by atoms with Crippen LogP contribution >= 0.6 is 0 Å². The monoisotopic (exact) mass is 232 g/mol. The smallest absolute Gasteiger partial charge is 0.136 e. The third-order valence-electron chi connectivity index (χ3n) is 2.37. The summed E-state index contributed by atoms with van der Waals surface area (Å²) >= 11 is 0. The Labute approximate surface area is 103 Å². The molecule has 0 atom stereocenters. The topological polar surface area (TPSA) is 45.0 Å². The minimum atomic E-state index is 0.274. The van der Waals surface area contributed by atoms with Gasteiger partial charge in [-0.25, -0.2) is 0 Å². The molecule has 3 heteroatoms. The molecule has 0 amide bonds. The molecule has 1 aromatic carbocycles. The van der Waals surface area contributed by atoms with Crippen LogP contribution in [0.25, 0.3) is 0 Å². The first-order chi connectivity index (χ1) is 7.96. The van der Waals surface area contributed by atoms with E-state index in [1.54, 1.807) is 13.2 Å². The molecule has 0 aliphatic carbocycles. The number of hydrogen-bond acceptors (Lipinski definition) is 3. The lowest BCUT2D eigenvalue weighted by atomic mass is 9.97. The zero-order valence-corrected chi connectivity index (χ0v) is 11.0. The minimum Gasteiger partial charge on any atom is -0.495 e. The Bertz CT molecular complexity index is 413. The molecule has 0 spiro atoms. The van der Waals surface area contributed by atoms with Crippen LogP contribution in [-0.4, -0.2) is 13.7 Å². The summed E-state index contributed by atoms with van der Waals surface area (Å²) in [5, 5.41) is 12.3. The van der Waals surface area contributed by atoms with Crippen molar-refractivity contribution in [1.82, 2.24) is 5.32 Å². The van der Waals surface area contributed by atoms with Gasteiger partial charge in [0.25, 0.3) is 0 Å². The summed E-state index contributed by atoms with van der Waals surface area (Å²) in [7, 11) is 1.59. The second-order valence-electron chi connectivity index (χ2n) is 5.31. The van der Waals surface area contributed by atoms with Gasteiger partial charge in [-0.1, -0.05) is 26.8 Å². The fourth-order valence-corrected chi connectivity index (χ4v) is 1.52. The Balaban J connectivity index is 2.64. The number of nitriles is 1. The molecular weight excluding hydrogens is 212 g/mol. The van der Waals surface area contributed by atoms with Crippen LogP contribution in [0.15, 0.2) is 18.2 Å². The first kappa shape index (κ1) is 13.5. The van der Waals surface area contributed by atoms with Crippen LogP contribution in [0, 0.1) is 16.7 Å². The maximum Gasteiger partial charge on any atom is 0.136 e. The van der Waals surface area contributed by atoms with Gasteiger partial charge in [-0.05, 0) is 23.1 Å². The molecule has 0 bridgehead atoms. The van der Waals surface area contributed by atoms with E-state index >= 15 is 0 Å². The first-order valence-electron chi connectivity index (χ1n) is 5.74. The zero-order chi connectivity index (χ0) is 12.9. The lowest BCUT2D eigenvalue weighted by Crippen LogP contribution is -2.26. The van der Waals surface area contributed by atoms with E-state index in [4.69, 9.17) is 10.00 Å². The number of hydrogen-bond donors (Lipinski definition) is 1. The zero-order valence-electron chi connectivity index (χ0n) is 11.0. The highest BCUT2D eigenvalue weighted by Gasteiger charge is 2.09. The summed E-state index contributed by atoms with van der Waals surface area (Å²) in [4.78, 5) is 0. The quantitative estimate of drug-likeness (QED) is 0.868. The van der Waals surface area contributed by atoms with Crippen molar-refractivity contribution in [1.29, 1.82) is 5.26 Å². The first-order valence-corrected chi connectivity index (χ1v) is 5.74. The molecular formula is C14H20N2O. The minimum absolute atomic E-state index is 0.274. The van der Waals surface area contributed by atoms with Gasteiger partial charge in [0, 0.05) is 13.1 Å². The fourth-order valence-electron chi connectivity index (χ4n) is 1.52. The third kappa shape index (κ3) is 4.46. The molecule has 0 aliphatic heterocycles. The molecule has 0 aliphatic rings. The lowest BCUT2D eigenvalue weighted by Gasteiger charge is -2.19. The molecule has 0 fully saturated rings. The van der Waals surface area contributed by atoms with Crippen LogP contribution in [0.2, 0.25) is 0 Å². The number of nitrogens with one attached hydrogen (secondary N) is 1. The molecule has 0 saturated carbocycles. The summed E-state index contributed by atoms with van der Waals surface area (Å²) in [5.74, 6) is 0.641. The fraction of sp³-hybridized carbons (Fsp3) is 0.500. The van der Waals surface area contributed by atoms with Crippen LogP contribution in [0.4, 0.5) is 0 Å². The summed E-state index contributed by atoms with van der Waals surface area (Å²) in [6, 6.07) is 7.77. The number of benzene rings is 1. The van der Waals surface area contributed by atoms with Crippen molar-refractivity contribution in [3.05, 3.63) is 29.3 Å². The van der Waals surface area contributed by atoms with Crippen molar-refractivity contribution < 1.29 is 4.74 Å². The van der Waals surface area contributed by atoms with E-state index in [1.807, 2.05) is 12.1 Å². The molecule has 1 N–H and O–H groups in total. The Kier molecular flexibility index (Phi) is 4.53. The van der Waals surface area contributed by atoms with Gasteiger partial charge in [-0.3, -0.25) is 0 Å². The van der Waals surface area contributed by atoms with E-state index in [1.165, 1.54) is 0 Å². The summed E-state index contributed by atoms with van der Waals surface area (Å²) < 4.78 is 5.17. The van der Waals surface area contributed by atoms with E-state index in [2.05, 4.69) is 32.2 Å². The van der Waals surface area contributed by atoms with Crippen molar-refractivity contribution in [2.75, 3.05) is 13.7 Å². The Morgan fingerprint density at radius 3 is 2.59 bits per heavy atom. The summed E-state index contributed by atoms with van der Waals surface area (Å²) in [6.45, 7) is 8.33. The number of rotatable bonds is 4. The summed E-state index contributed by atoms with van der Waals surface area (Å²) in [6.07, 6.45) is 0. The molecule has 0 heterocycles. The number of methoxy groups -OCH3 is 1. The predicted molar refractivity (Wildman–Crippen MR) is 68.9 cm³/mol. The molecule has 0 aromatic heterocycles. The van der Waals surface area contributed by atoms with Gasteiger partial charge >= 0.3 is 0 Å². The number of nitrogens with zero attached hydrogens (tertiary/aromatic N) is 1. The maximum atomic E-state index is 8.88. The lowest BCUT2D eigenvalue weighted by molar-refractivity contribution is 0.378. The molecule has 17 heavy (non-hydrogen) atoms. The highest BCUT2D eigenvalue weighted by atomic mass is 16.5. The van der Waals surface area contributed by atoms with Gasteiger partial charge in [-0.15, -0.1) is 0 Å². The van der Waals surface area contributed by atoms with E-state index in [9.17, 15) is 0 Å².